The van der Waals surface area contributed by atoms with Crippen molar-refractivity contribution >= 4 is 12.0 Å². The SMILES string of the molecule is CCc1cccc(-c2c(F)cccc2C(O)(CCCNC(=O)OC)C2CCCN(C(=O)CCCN(C)C)C2)c1. The zero-order valence-electron chi connectivity index (χ0n) is 23.8. The Balaban J connectivity index is 1.96. The summed E-state index contributed by atoms with van der Waals surface area (Å²) in [6, 6.07) is 12.7. The first kappa shape index (κ1) is 30.6. The van der Waals surface area contributed by atoms with Gasteiger partial charge in [0.1, 0.15) is 5.82 Å². The Kier molecular flexibility index (Phi) is 11.3. The van der Waals surface area contributed by atoms with Crippen molar-refractivity contribution in [1.82, 2.24) is 15.1 Å². The van der Waals surface area contributed by atoms with E-state index in [2.05, 4.69) is 21.9 Å². The number of hydrogen-bond donors (Lipinski definition) is 2. The Morgan fingerprint density at radius 1 is 1.21 bits per heavy atom. The van der Waals surface area contributed by atoms with Gasteiger partial charge in [-0.15, -0.1) is 0 Å². The molecule has 0 aliphatic carbocycles. The van der Waals surface area contributed by atoms with Crippen LogP contribution >= 0.6 is 0 Å². The number of nitrogens with zero attached hydrogens (tertiary/aromatic N) is 2. The number of piperidine rings is 1. The van der Waals surface area contributed by atoms with Gasteiger partial charge in [0.25, 0.3) is 0 Å². The first-order valence-corrected chi connectivity index (χ1v) is 14.0. The van der Waals surface area contributed by atoms with Crippen LogP contribution in [-0.4, -0.2) is 74.3 Å². The van der Waals surface area contributed by atoms with Crippen LogP contribution in [0.2, 0.25) is 0 Å². The highest BCUT2D eigenvalue weighted by Gasteiger charge is 2.43. The molecule has 39 heavy (non-hydrogen) atoms. The minimum Gasteiger partial charge on any atom is -0.453 e. The highest BCUT2D eigenvalue weighted by Crippen LogP contribution is 2.44. The maximum absolute atomic E-state index is 15.6. The number of ether oxygens (including phenoxy) is 1. The van der Waals surface area contributed by atoms with E-state index in [9.17, 15) is 14.7 Å². The maximum Gasteiger partial charge on any atom is 0.406 e. The number of methoxy groups -OCH3 is 1. The summed E-state index contributed by atoms with van der Waals surface area (Å²) >= 11 is 0. The summed E-state index contributed by atoms with van der Waals surface area (Å²) in [6.07, 6.45) is 3.76. The van der Waals surface area contributed by atoms with Crippen molar-refractivity contribution in [2.45, 2.75) is 57.5 Å². The molecule has 0 spiro atoms. The van der Waals surface area contributed by atoms with Crippen LogP contribution in [0.15, 0.2) is 42.5 Å². The predicted molar refractivity (Wildman–Crippen MR) is 152 cm³/mol. The van der Waals surface area contributed by atoms with Gasteiger partial charge >= 0.3 is 6.09 Å². The van der Waals surface area contributed by atoms with Gasteiger partial charge in [0.15, 0.2) is 0 Å². The van der Waals surface area contributed by atoms with E-state index in [0.717, 1.165) is 36.9 Å². The van der Waals surface area contributed by atoms with E-state index in [1.807, 2.05) is 49.3 Å². The molecule has 2 N–H and O–H groups in total. The molecule has 1 aliphatic rings. The average Bonchev–Trinajstić information content (AvgIpc) is 2.94. The van der Waals surface area contributed by atoms with Gasteiger partial charge in [0.05, 0.1) is 12.7 Å². The molecule has 2 unspecified atom stereocenters. The molecule has 7 nitrogen and oxygen atoms in total. The van der Waals surface area contributed by atoms with Gasteiger partial charge in [-0.2, -0.15) is 0 Å². The average molecular weight is 542 g/mol. The number of likely N-dealkylation sites (tertiary alicyclic amines) is 1. The van der Waals surface area contributed by atoms with Crippen LogP contribution in [0, 0.1) is 11.7 Å². The van der Waals surface area contributed by atoms with E-state index in [1.54, 1.807) is 6.07 Å². The Labute approximate surface area is 232 Å². The first-order valence-electron chi connectivity index (χ1n) is 14.0. The fourth-order valence-corrected chi connectivity index (χ4v) is 5.60. The summed E-state index contributed by atoms with van der Waals surface area (Å²) in [5.41, 5.74) is 1.33. The molecule has 2 aromatic rings. The number of carbonyl (C=O) groups is 2. The van der Waals surface area contributed by atoms with E-state index in [4.69, 9.17) is 0 Å². The smallest absolute Gasteiger partial charge is 0.406 e. The van der Waals surface area contributed by atoms with Crippen molar-refractivity contribution in [2.24, 2.45) is 5.92 Å². The number of aryl methyl sites for hydroxylation is 1. The maximum atomic E-state index is 15.6. The van der Waals surface area contributed by atoms with Gasteiger partial charge < -0.3 is 25.0 Å². The summed E-state index contributed by atoms with van der Waals surface area (Å²) in [6.45, 7) is 4.27. The van der Waals surface area contributed by atoms with Gasteiger partial charge in [-0.05, 0) is 81.9 Å². The number of hydrogen-bond acceptors (Lipinski definition) is 5. The molecule has 214 valence electrons. The number of aliphatic hydroxyl groups is 1. The van der Waals surface area contributed by atoms with Gasteiger partial charge in [-0.25, -0.2) is 9.18 Å². The van der Waals surface area contributed by atoms with E-state index < -0.39 is 11.7 Å². The molecular weight excluding hydrogens is 497 g/mol. The van der Waals surface area contributed by atoms with Crippen LogP contribution in [0.1, 0.15) is 56.6 Å². The zero-order valence-corrected chi connectivity index (χ0v) is 23.8. The molecule has 0 radical (unpaired) electrons. The highest BCUT2D eigenvalue weighted by molar-refractivity contribution is 5.76. The Hall–Kier alpha value is -2.97. The molecule has 1 heterocycles. The van der Waals surface area contributed by atoms with Crippen molar-refractivity contribution in [1.29, 1.82) is 0 Å². The number of rotatable bonds is 12. The molecule has 1 saturated heterocycles. The lowest BCUT2D eigenvalue weighted by molar-refractivity contribution is -0.136. The standard InChI is InChI=1S/C31H44FN3O4/c1-5-23-11-6-12-24(21-23)29-26(14-7-15-27(29)32)31(38,17-10-18-33-30(37)39-4)25-13-8-20-35(22-25)28(36)16-9-19-34(2)3/h6-7,11-12,14-15,21,25,38H,5,8-10,13,16-20,22H2,1-4H3,(H,33,37). The predicted octanol–water partition coefficient (Wildman–Crippen LogP) is 4.96. The Morgan fingerprint density at radius 3 is 2.69 bits per heavy atom. The minimum atomic E-state index is -1.40. The molecule has 0 saturated carbocycles. The zero-order chi connectivity index (χ0) is 28.4. The molecule has 0 bridgehead atoms. The normalized spacial score (nSPS) is 17.1. The molecule has 8 heteroatoms. The summed E-state index contributed by atoms with van der Waals surface area (Å²) in [4.78, 5) is 28.6. The molecule has 2 aromatic carbocycles. The molecule has 2 amide bonds. The van der Waals surface area contributed by atoms with Crippen molar-refractivity contribution in [3.63, 3.8) is 0 Å². The lowest BCUT2D eigenvalue weighted by Crippen LogP contribution is -2.48. The number of nitrogens with one attached hydrogen (secondary N) is 1. The number of amides is 2. The van der Waals surface area contributed by atoms with E-state index in [1.165, 1.54) is 13.2 Å². The second-order valence-electron chi connectivity index (χ2n) is 10.7. The number of alkyl carbamates (subject to hydrolysis) is 1. The number of carbonyl (C=O) groups excluding carboxylic acids is 2. The third kappa shape index (κ3) is 8.02. The van der Waals surface area contributed by atoms with Crippen LogP contribution < -0.4 is 5.32 Å². The molecule has 3 rings (SSSR count). The summed E-state index contributed by atoms with van der Waals surface area (Å²) in [5.74, 6) is -0.581. The van der Waals surface area contributed by atoms with Crippen LogP contribution in [0.3, 0.4) is 0 Å². The molecule has 2 atom stereocenters. The van der Waals surface area contributed by atoms with Crippen LogP contribution in [-0.2, 0) is 21.6 Å². The monoisotopic (exact) mass is 541 g/mol. The fraction of sp³-hybridized carbons (Fsp3) is 0.548. The number of halogens is 1. The van der Waals surface area contributed by atoms with E-state index in [0.29, 0.717) is 56.4 Å². The molecule has 1 fully saturated rings. The summed E-state index contributed by atoms with van der Waals surface area (Å²) in [7, 11) is 5.29. The summed E-state index contributed by atoms with van der Waals surface area (Å²) in [5, 5.41) is 15.2. The third-order valence-electron chi connectivity index (χ3n) is 7.74. The highest BCUT2D eigenvalue weighted by atomic mass is 19.1. The van der Waals surface area contributed by atoms with Crippen LogP contribution in [0.25, 0.3) is 11.1 Å². The van der Waals surface area contributed by atoms with Gasteiger partial charge in [0.2, 0.25) is 5.91 Å². The third-order valence-corrected chi connectivity index (χ3v) is 7.74. The van der Waals surface area contributed by atoms with Crippen LogP contribution in [0.4, 0.5) is 9.18 Å². The minimum absolute atomic E-state index is 0.0892. The van der Waals surface area contributed by atoms with Crippen molar-refractivity contribution < 1.29 is 23.8 Å². The second-order valence-corrected chi connectivity index (χ2v) is 10.7. The Bertz CT molecular complexity index is 1110. The summed E-state index contributed by atoms with van der Waals surface area (Å²) < 4.78 is 20.2. The van der Waals surface area contributed by atoms with Crippen molar-refractivity contribution in [3.05, 3.63) is 59.4 Å². The van der Waals surface area contributed by atoms with Gasteiger partial charge in [0, 0.05) is 37.5 Å². The molecular formula is C31H44FN3O4. The van der Waals surface area contributed by atoms with Gasteiger partial charge in [-0.1, -0.05) is 43.3 Å². The number of benzene rings is 2. The van der Waals surface area contributed by atoms with E-state index in [-0.39, 0.29) is 17.6 Å². The molecule has 0 aromatic heterocycles. The lowest BCUT2D eigenvalue weighted by atomic mass is 9.72. The largest absolute Gasteiger partial charge is 0.453 e. The lowest BCUT2D eigenvalue weighted by Gasteiger charge is -2.44. The quantitative estimate of drug-likeness (QED) is 0.371. The van der Waals surface area contributed by atoms with Crippen molar-refractivity contribution in [3.8, 4) is 11.1 Å². The van der Waals surface area contributed by atoms with E-state index >= 15 is 4.39 Å². The fourth-order valence-electron chi connectivity index (χ4n) is 5.60. The first-order chi connectivity index (χ1) is 18.7. The van der Waals surface area contributed by atoms with Crippen LogP contribution in [0.5, 0.6) is 0 Å². The topological polar surface area (TPSA) is 82.1 Å². The molecule has 1 aliphatic heterocycles. The Morgan fingerprint density at radius 2 is 1.97 bits per heavy atom. The second kappa shape index (κ2) is 14.4. The van der Waals surface area contributed by atoms with Gasteiger partial charge in [-0.3, -0.25) is 4.79 Å². The van der Waals surface area contributed by atoms with Crippen molar-refractivity contribution in [2.75, 3.05) is 47.4 Å².